The third kappa shape index (κ3) is 9.80. The highest BCUT2D eigenvalue weighted by atomic mass is 28.3. The topological polar surface area (TPSA) is 114 Å². The third-order valence-corrected chi connectivity index (χ3v) is 15.2. The maximum atomic E-state index is 12.3. The second-order valence-corrected chi connectivity index (χ2v) is 19.0. The highest BCUT2D eigenvalue weighted by Gasteiger charge is 2.52. The lowest BCUT2D eigenvalue weighted by atomic mass is 9.89. The maximum absolute atomic E-state index is 12.3. The van der Waals surface area contributed by atoms with E-state index in [2.05, 4.69) is 77.3 Å². The maximum Gasteiger partial charge on any atom is 0.303 e. The number of ether oxygens (including phenoxy) is 5. The Morgan fingerprint density at radius 1 is 0.708 bits per heavy atom. The van der Waals surface area contributed by atoms with E-state index in [4.69, 9.17) is 23.7 Å². The first-order valence-electron chi connectivity index (χ1n) is 16.6. The normalized spacial score (nSPS) is 20.9. The Bertz CT molecular complexity index is 1480. The summed E-state index contributed by atoms with van der Waals surface area (Å²) in [4.78, 5) is 48.3. The van der Waals surface area contributed by atoms with E-state index in [1.54, 1.807) is 0 Å². The fourth-order valence-corrected chi connectivity index (χ4v) is 12.2. The van der Waals surface area contributed by atoms with Crippen molar-refractivity contribution in [1.82, 2.24) is 0 Å². The molecule has 1 fully saturated rings. The van der Waals surface area contributed by atoms with E-state index in [0.29, 0.717) is 28.6 Å². The zero-order valence-corrected chi connectivity index (χ0v) is 30.8. The van der Waals surface area contributed by atoms with E-state index >= 15 is 0 Å². The second-order valence-electron chi connectivity index (χ2n) is 13.4. The third-order valence-electron chi connectivity index (χ3n) is 8.92. The SMILES string of the molecule is CC(=O)OC[C@H]1O[C@@H](c2cccc(Cc3ccc(C#C[Si](C(C)C)(C(C)C)C(C)C)cc3)c2)[C@H](OC(C)=O)[C@@H](OC(C)=O)[C@@H]1OC(C)=O. The summed E-state index contributed by atoms with van der Waals surface area (Å²) in [7, 11) is -1.85. The van der Waals surface area contributed by atoms with Gasteiger partial charge in [0.15, 0.2) is 18.3 Å². The van der Waals surface area contributed by atoms with E-state index in [1.807, 2.05) is 24.3 Å². The Kier molecular flexibility index (Phi) is 13.6. The van der Waals surface area contributed by atoms with E-state index < -0.39 is 62.5 Å². The van der Waals surface area contributed by atoms with Crippen LogP contribution in [0.2, 0.25) is 16.6 Å². The monoisotopic (exact) mass is 678 g/mol. The van der Waals surface area contributed by atoms with Crippen molar-refractivity contribution in [2.24, 2.45) is 0 Å². The molecule has 10 heteroatoms. The van der Waals surface area contributed by atoms with Gasteiger partial charge in [0.25, 0.3) is 0 Å². The fraction of sp³-hybridized carbons (Fsp3) is 0.526. The molecule has 0 unspecified atom stereocenters. The molecular formula is C38H50O9Si. The number of carbonyl (C=O) groups excluding carboxylic acids is 4. The van der Waals surface area contributed by atoms with Gasteiger partial charge in [-0.1, -0.05) is 83.9 Å². The summed E-state index contributed by atoms with van der Waals surface area (Å²) in [6, 6.07) is 15.9. The molecule has 2 aromatic carbocycles. The minimum Gasteiger partial charge on any atom is -0.463 e. The van der Waals surface area contributed by atoms with Crippen molar-refractivity contribution < 1.29 is 42.9 Å². The molecule has 0 aliphatic carbocycles. The molecule has 0 radical (unpaired) electrons. The molecule has 0 spiro atoms. The number of carbonyl (C=O) groups is 4. The molecule has 5 atom stereocenters. The van der Waals surface area contributed by atoms with Crippen molar-refractivity contribution in [1.29, 1.82) is 0 Å². The molecule has 0 aromatic heterocycles. The molecule has 260 valence electrons. The van der Waals surface area contributed by atoms with Gasteiger partial charge in [0.05, 0.1) is 0 Å². The number of rotatable bonds is 11. The quantitative estimate of drug-likeness (QED) is 0.112. The van der Waals surface area contributed by atoms with Crippen LogP contribution in [-0.4, -0.2) is 63.0 Å². The van der Waals surface area contributed by atoms with E-state index in [9.17, 15) is 19.2 Å². The van der Waals surface area contributed by atoms with Crippen LogP contribution in [-0.2, 0) is 49.3 Å². The van der Waals surface area contributed by atoms with Crippen LogP contribution in [0, 0.1) is 11.5 Å². The van der Waals surface area contributed by atoms with Crippen LogP contribution in [0.5, 0.6) is 0 Å². The first-order valence-corrected chi connectivity index (χ1v) is 18.8. The van der Waals surface area contributed by atoms with Crippen LogP contribution in [0.4, 0.5) is 0 Å². The summed E-state index contributed by atoms with van der Waals surface area (Å²) in [6.07, 6.45) is -4.93. The van der Waals surface area contributed by atoms with Crippen LogP contribution < -0.4 is 0 Å². The average molecular weight is 679 g/mol. The second kappa shape index (κ2) is 16.9. The van der Waals surface area contributed by atoms with Crippen molar-refractivity contribution in [2.75, 3.05) is 6.61 Å². The van der Waals surface area contributed by atoms with Gasteiger partial charge in [0.2, 0.25) is 0 Å². The molecule has 1 heterocycles. The first kappa shape index (κ1) is 38.5. The van der Waals surface area contributed by atoms with Crippen LogP contribution in [0.15, 0.2) is 48.5 Å². The summed E-state index contributed by atoms with van der Waals surface area (Å²) in [6.45, 7) is 18.4. The van der Waals surface area contributed by atoms with Crippen molar-refractivity contribution >= 4 is 32.0 Å². The summed E-state index contributed by atoms with van der Waals surface area (Å²) in [5.74, 6) is 0.952. The standard InChI is InChI=1S/C38H50O9Si/c1-23(2)48(24(3)4,25(5)6)19-18-30-14-16-31(17-15-30)20-32-12-11-13-33(21-32)35-37(45-28(9)41)38(46-29(10)42)36(44-27(8)40)34(47-35)22-43-26(7)39/h11-17,21,23-25,34-38H,20,22H2,1-10H3/t34-,35+,36-,37+,38+/m1/s1. The summed E-state index contributed by atoms with van der Waals surface area (Å²) >= 11 is 0. The summed E-state index contributed by atoms with van der Waals surface area (Å²) in [5, 5.41) is 0. The zero-order chi connectivity index (χ0) is 35.8. The lowest BCUT2D eigenvalue weighted by Gasteiger charge is -2.44. The molecule has 2 aromatic rings. The minimum atomic E-state index is -1.85. The van der Waals surface area contributed by atoms with Gasteiger partial charge in [0.1, 0.15) is 26.9 Å². The van der Waals surface area contributed by atoms with Gasteiger partial charge in [-0.2, -0.15) is 0 Å². The van der Waals surface area contributed by atoms with Gasteiger partial charge in [-0.25, -0.2) is 0 Å². The molecule has 0 saturated carbocycles. The highest BCUT2D eigenvalue weighted by molar-refractivity contribution is 6.90. The number of hydrogen-bond donors (Lipinski definition) is 0. The van der Waals surface area contributed by atoms with E-state index in [0.717, 1.165) is 16.7 Å². The molecule has 9 nitrogen and oxygen atoms in total. The van der Waals surface area contributed by atoms with Crippen LogP contribution in [0.1, 0.15) is 97.6 Å². The van der Waals surface area contributed by atoms with Crippen molar-refractivity contribution in [2.45, 2.75) is 123 Å². The van der Waals surface area contributed by atoms with E-state index in [1.165, 1.54) is 27.7 Å². The lowest BCUT2D eigenvalue weighted by molar-refractivity contribution is -0.254. The van der Waals surface area contributed by atoms with Gasteiger partial charge in [-0.3, -0.25) is 19.2 Å². The van der Waals surface area contributed by atoms with Crippen LogP contribution >= 0.6 is 0 Å². The Morgan fingerprint density at radius 2 is 1.25 bits per heavy atom. The predicted octanol–water partition coefficient (Wildman–Crippen LogP) is 6.65. The molecule has 1 aliphatic rings. The smallest absolute Gasteiger partial charge is 0.303 e. The average Bonchev–Trinajstić information content (AvgIpc) is 2.98. The first-order chi connectivity index (χ1) is 22.5. The number of hydrogen-bond acceptors (Lipinski definition) is 9. The molecule has 48 heavy (non-hydrogen) atoms. The van der Waals surface area contributed by atoms with Crippen molar-refractivity contribution in [3.8, 4) is 11.5 Å². The molecule has 1 saturated heterocycles. The predicted molar refractivity (Wildman–Crippen MR) is 185 cm³/mol. The Balaban J connectivity index is 1.95. The van der Waals surface area contributed by atoms with Crippen LogP contribution in [0.3, 0.4) is 0 Å². The molecule has 3 rings (SSSR count). The summed E-state index contributed by atoms with van der Waals surface area (Å²) in [5.41, 5.74) is 9.12. The van der Waals surface area contributed by atoms with Gasteiger partial charge in [-0.05, 0) is 51.9 Å². The molecular weight excluding hydrogens is 628 g/mol. The number of benzene rings is 2. The Labute approximate surface area is 286 Å². The minimum absolute atomic E-state index is 0.279. The molecule has 0 bridgehead atoms. The van der Waals surface area contributed by atoms with Gasteiger partial charge in [-0.15, -0.1) is 5.54 Å². The molecule has 0 N–H and O–H groups in total. The van der Waals surface area contributed by atoms with Crippen LogP contribution in [0.25, 0.3) is 0 Å². The Morgan fingerprint density at radius 3 is 1.77 bits per heavy atom. The fourth-order valence-electron chi connectivity index (χ4n) is 6.93. The van der Waals surface area contributed by atoms with Gasteiger partial charge < -0.3 is 23.7 Å². The van der Waals surface area contributed by atoms with E-state index in [-0.39, 0.29) is 6.61 Å². The van der Waals surface area contributed by atoms with Crippen molar-refractivity contribution in [3.05, 3.63) is 70.8 Å². The highest BCUT2D eigenvalue weighted by Crippen LogP contribution is 2.41. The summed E-state index contributed by atoms with van der Waals surface area (Å²) < 4.78 is 28.3. The van der Waals surface area contributed by atoms with Crippen molar-refractivity contribution in [3.63, 3.8) is 0 Å². The molecule has 0 amide bonds. The van der Waals surface area contributed by atoms with Gasteiger partial charge >= 0.3 is 23.9 Å². The lowest BCUT2D eigenvalue weighted by Crippen LogP contribution is -2.59. The largest absolute Gasteiger partial charge is 0.463 e. The zero-order valence-electron chi connectivity index (χ0n) is 29.8. The Hall–Kier alpha value is -3.94. The van der Waals surface area contributed by atoms with Gasteiger partial charge in [0, 0.05) is 33.3 Å². The molecule has 1 aliphatic heterocycles. The number of esters is 4.